The molecule has 10 heteroatoms. The van der Waals surface area contributed by atoms with Crippen LogP contribution in [0.5, 0.6) is 0 Å². The van der Waals surface area contributed by atoms with E-state index in [0.717, 1.165) is 19.5 Å². The van der Waals surface area contributed by atoms with E-state index in [-0.39, 0.29) is 0 Å². The van der Waals surface area contributed by atoms with Gasteiger partial charge in [0.05, 0.1) is 6.54 Å². The third kappa shape index (κ3) is 6.34. The van der Waals surface area contributed by atoms with Gasteiger partial charge in [0.15, 0.2) is 0 Å². The highest BCUT2D eigenvalue weighted by atomic mass is 19.4. The van der Waals surface area contributed by atoms with Crippen molar-refractivity contribution >= 4 is 5.97 Å². The smallest absolute Gasteiger partial charge is 0.475 e. The monoisotopic (exact) mass is 320 g/mol. The summed E-state index contributed by atoms with van der Waals surface area (Å²) in [6.45, 7) is 1.89. The van der Waals surface area contributed by atoms with Gasteiger partial charge in [-0.2, -0.15) is 26.3 Å². The number of alkyl halides is 6. The van der Waals surface area contributed by atoms with Gasteiger partial charge < -0.3 is 10.4 Å². The van der Waals surface area contributed by atoms with Crippen LogP contribution in [-0.2, 0) is 4.79 Å². The lowest BCUT2D eigenvalue weighted by Crippen LogP contribution is -2.38. The topological polar surface area (TPSA) is 52.6 Å². The fourth-order valence-electron chi connectivity index (χ4n) is 2.08. The summed E-state index contributed by atoms with van der Waals surface area (Å²) in [5.74, 6) is -2.76. The van der Waals surface area contributed by atoms with Crippen molar-refractivity contribution in [1.29, 1.82) is 0 Å². The van der Waals surface area contributed by atoms with E-state index in [1.165, 1.54) is 16.0 Å². The molecule has 4 nitrogen and oxygen atoms in total. The van der Waals surface area contributed by atoms with Gasteiger partial charge in [0.25, 0.3) is 0 Å². The number of carboxylic acid groups (broad SMARTS) is 1. The molecule has 0 aromatic carbocycles. The van der Waals surface area contributed by atoms with Crippen LogP contribution < -0.4 is 5.32 Å². The van der Waals surface area contributed by atoms with Crippen LogP contribution in [0.25, 0.3) is 0 Å². The van der Waals surface area contributed by atoms with Gasteiger partial charge in [-0.25, -0.2) is 4.79 Å². The molecule has 0 saturated carbocycles. The lowest BCUT2D eigenvalue weighted by molar-refractivity contribution is -0.192. The maximum atomic E-state index is 12.1. The summed E-state index contributed by atoms with van der Waals surface area (Å²) in [6.07, 6.45) is -8.36. The summed E-state index contributed by atoms with van der Waals surface area (Å²) in [5, 5.41) is 10.3. The number of rotatable bonds is 1. The average molecular weight is 320 g/mol. The zero-order valence-electron chi connectivity index (χ0n) is 10.8. The van der Waals surface area contributed by atoms with Gasteiger partial charge in [0, 0.05) is 26.2 Å². The van der Waals surface area contributed by atoms with E-state index in [1.54, 1.807) is 0 Å². The zero-order chi connectivity index (χ0) is 16.3. The van der Waals surface area contributed by atoms with E-state index < -0.39 is 24.9 Å². The molecule has 0 saturated heterocycles. The molecule has 2 rings (SSSR count). The standard InChI is InChI=1S/C9H13F3N2.C2HF3O2/c10-9(11,12)6-14-2-1-7-3-13-4-8(7)5-14;3-2(4,5)1(6)7/h13H,1-6H2;(H,6,7). The Labute approximate surface area is 116 Å². The predicted molar refractivity (Wildman–Crippen MR) is 60.7 cm³/mol. The second-order valence-corrected chi connectivity index (χ2v) is 4.69. The lowest BCUT2D eigenvalue weighted by atomic mass is 10.0. The number of nitrogens with one attached hydrogen (secondary N) is 1. The zero-order valence-corrected chi connectivity index (χ0v) is 10.8. The summed E-state index contributed by atoms with van der Waals surface area (Å²) in [6, 6.07) is 0. The molecule has 0 amide bonds. The Hall–Kier alpha value is -1.29. The first kappa shape index (κ1) is 17.8. The Morgan fingerprint density at radius 3 is 2.14 bits per heavy atom. The van der Waals surface area contributed by atoms with Crippen molar-refractivity contribution in [2.45, 2.75) is 18.8 Å². The van der Waals surface area contributed by atoms with Crippen LogP contribution in [0.15, 0.2) is 11.1 Å². The third-order valence-corrected chi connectivity index (χ3v) is 2.97. The van der Waals surface area contributed by atoms with E-state index in [4.69, 9.17) is 9.90 Å². The molecule has 0 radical (unpaired) electrons. The van der Waals surface area contributed by atoms with E-state index in [1.807, 2.05) is 0 Å². The number of halogens is 6. The molecule has 0 aromatic heterocycles. The maximum Gasteiger partial charge on any atom is 0.490 e. The predicted octanol–water partition coefficient (Wildman–Crippen LogP) is 1.79. The molecule has 21 heavy (non-hydrogen) atoms. The van der Waals surface area contributed by atoms with Crippen LogP contribution in [0.3, 0.4) is 0 Å². The molecule has 0 aliphatic carbocycles. The fourth-order valence-corrected chi connectivity index (χ4v) is 2.08. The first-order valence-corrected chi connectivity index (χ1v) is 5.99. The van der Waals surface area contributed by atoms with Gasteiger partial charge in [-0.05, 0) is 12.0 Å². The van der Waals surface area contributed by atoms with Gasteiger partial charge in [-0.1, -0.05) is 5.57 Å². The highest BCUT2D eigenvalue weighted by molar-refractivity contribution is 5.73. The number of carbonyl (C=O) groups is 1. The van der Waals surface area contributed by atoms with Crippen LogP contribution in [0, 0.1) is 0 Å². The lowest BCUT2D eigenvalue weighted by Gasteiger charge is -2.28. The summed E-state index contributed by atoms with van der Waals surface area (Å²) in [7, 11) is 0. The number of hydrogen-bond acceptors (Lipinski definition) is 3. The highest BCUT2D eigenvalue weighted by Crippen LogP contribution is 2.24. The third-order valence-electron chi connectivity index (χ3n) is 2.97. The Morgan fingerprint density at radius 2 is 1.67 bits per heavy atom. The Kier molecular flexibility index (Phi) is 5.62. The van der Waals surface area contributed by atoms with Crippen LogP contribution in [0.2, 0.25) is 0 Å². The van der Waals surface area contributed by atoms with Crippen molar-refractivity contribution in [3.05, 3.63) is 11.1 Å². The summed E-state index contributed by atoms with van der Waals surface area (Å²) in [5.41, 5.74) is 2.49. The molecular weight excluding hydrogens is 306 g/mol. The van der Waals surface area contributed by atoms with Crippen molar-refractivity contribution < 1.29 is 36.2 Å². The van der Waals surface area contributed by atoms with E-state index in [2.05, 4.69) is 5.32 Å². The van der Waals surface area contributed by atoms with Crippen LogP contribution >= 0.6 is 0 Å². The SMILES string of the molecule is FC(F)(F)CN1CCC2=C(CNC2)C1.O=C(O)C(F)(F)F. The van der Waals surface area contributed by atoms with Crippen LogP contribution in [0.1, 0.15) is 6.42 Å². The Bertz CT molecular complexity index is 416. The minimum absolute atomic E-state index is 0.488. The van der Waals surface area contributed by atoms with Crippen LogP contribution in [0.4, 0.5) is 26.3 Å². The van der Waals surface area contributed by atoms with Crippen LogP contribution in [-0.4, -0.2) is 61.1 Å². The molecule has 0 bridgehead atoms. The molecule has 2 heterocycles. The van der Waals surface area contributed by atoms with E-state index in [9.17, 15) is 26.3 Å². The average Bonchev–Trinajstić information content (AvgIpc) is 2.73. The maximum absolute atomic E-state index is 12.1. The molecule has 0 unspecified atom stereocenters. The summed E-state index contributed by atoms with van der Waals surface area (Å²) in [4.78, 5) is 10.4. The molecule has 2 aliphatic rings. The van der Waals surface area contributed by atoms with Crippen molar-refractivity contribution in [3.8, 4) is 0 Å². The van der Waals surface area contributed by atoms with Gasteiger partial charge in [-0.15, -0.1) is 0 Å². The van der Waals surface area contributed by atoms with E-state index in [0.29, 0.717) is 13.1 Å². The van der Waals surface area contributed by atoms with E-state index >= 15 is 0 Å². The first-order chi connectivity index (χ1) is 9.49. The molecule has 122 valence electrons. The normalized spacial score (nSPS) is 19.9. The van der Waals surface area contributed by atoms with Gasteiger partial charge in [0.1, 0.15) is 0 Å². The first-order valence-electron chi connectivity index (χ1n) is 5.99. The minimum Gasteiger partial charge on any atom is -0.475 e. The number of hydrogen-bond donors (Lipinski definition) is 2. The van der Waals surface area contributed by atoms with Gasteiger partial charge in [-0.3, -0.25) is 4.90 Å². The molecule has 2 aliphatic heterocycles. The Balaban J connectivity index is 0.000000270. The number of carboxylic acids is 1. The van der Waals surface area contributed by atoms with Crippen molar-refractivity contribution in [1.82, 2.24) is 10.2 Å². The quantitative estimate of drug-likeness (QED) is 0.571. The molecular formula is C11H14F6N2O2. The number of nitrogens with zero attached hydrogens (tertiary/aromatic N) is 1. The van der Waals surface area contributed by atoms with Gasteiger partial charge >= 0.3 is 18.3 Å². The highest BCUT2D eigenvalue weighted by Gasteiger charge is 2.38. The largest absolute Gasteiger partial charge is 0.490 e. The Morgan fingerprint density at radius 1 is 1.14 bits per heavy atom. The molecule has 0 fully saturated rings. The molecule has 0 atom stereocenters. The summed E-state index contributed by atoms with van der Waals surface area (Å²) < 4.78 is 68.1. The van der Waals surface area contributed by atoms with Gasteiger partial charge in [0.2, 0.25) is 0 Å². The van der Waals surface area contributed by atoms with Crippen molar-refractivity contribution in [2.24, 2.45) is 0 Å². The molecule has 2 N–H and O–H groups in total. The second-order valence-electron chi connectivity index (χ2n) is 4.69. The fraction of sp³-hybridized carbons (Fsp3) is 0.727. The summed E-state index contributed by atoms with van der Waals surface area (Å²) >= 11 is 0. The molecule has 0 spiro atoms. The van der Waals surface area contributed by atoms with Crippen molar-refractivity contribution in [2.75, 3.05) is 32.7 Å². The minimum atomic E-state index is -5.08. The number of aliphatic carboxylic acids is 1. The molecule has 0 aromatic rings. The second kappa shape index (κ2) is 6.65. The van der Waals surface area contributed by atoms with Crippen molar-refractivity contribution in [3.63, 3.8) is 0 Å².